The van der Waals surface area contributed by atoms with Gasteiger partial charge in [0.05, 0.1) is 6.20 Å². The molecule has 1 aromatic heterocycles. The molecule has 102 valence electrons. The second-order valence-corrected chi connectivity index (χ2v) is 6.09. The van der Waals surface area contributed by atoms with Crippen molar-refractivity contribution < 1.29 is 0 Å². The third-order valence-corrected chi connectivity index (χ3v) is 4.16. The fraction of sp³-hybridized carbons (Fsp3) is 0.800. The predicted octanol–water partition coefficient (Wildman–Crippen LogP) is 3.00. The number of hydrogen-bond donors (Lipinski definition) is 1. The Morgan fingerprint density at radius 2 is 2.33 bits per heavy atom. The van der Waals surface area contributed by atoms with E-state index in [0.717, 1.165) is 19.1 Å². The lowest BCUT2D eigenvalue weighted by Gasteiger charge is -2.23. The van der Waals surface area contributed by atoms with Gasteiger partial charge in [0.25, 0.3) is 0 Å². The van der Waals surface area contributed by atoms with E-state index in [9.17, 15) is 0 Å². The molecule has 0 saturated heterocycles. The molecule has 0 aromatic carbocycles. The van der Waals surface area contributed by atoms with Gasteiger partial charge in [0.15, 0.2) is 0 Å². The summed E-state index contributed by atoms with van der Waals surface area (Å²) in [6.45, 7) is 8.94. The summed E-state index contributed by atoms with van der Waals surface area (Å²) in [5, 5.41) is 8.05. The summed E-state index contributed by atoms with van der Waals surface area (Å²) in [6.07, 6.45) is 10.6. The van der Waals surface area contributed by atoms with Gasteiger partial charge in [-0.15, -0.1) is 0 Å². The molecule has 2 unspecified atom stereocenters. The van der Waals surface area contributed by atoms with Crippen molar-refractivity contribution >= 4 is 0 Å². The standard InChI is InChI=1S/C15H27N3/c1-4-8-16-14-6-7-15(3,10-14)9-13-11-17-18(5-2)12-13/h11-12,14,16H,4-10H2,1-3H3. The summed E-state index contributed by atoms with van der Waals surface area (Å²) in [5.74, 6) is 0. The molecule has 0 amide bonds. The monoisotopic (exact) mass is 249 g/mol. The lowest BCUT2D eigenvalue weighted by molar-refractivity contribution is 0.322. The van der Waals surface area contributed by atoms with Crippen molar-refractivity contribution in [2.75, 3.05) is 6.54 Å². The van der Waals surface area contributed by atoms with Crippen molar-refractivity contribution in [3.05, 3.63) is 18.0 Å². The maximum atomic E-state index is 4.38. The van der Waals surface area contributed by atoms with Crippen LogP contribution in [0.1, 0.15) is 52.0 Å². The van der Waals surface area contributed by atoms with E-state index < -0.39 is 0 Å². The molecule has 0 spiro atoms. The van der Waals surface area contributed by atoms with E-state index in [4.69, 9.17) is 0 Å². The van der Waals surface area contributed by atoms with Crippen LogP contribution in [0.15, 0.2) is 12.4 Å². The first kappa shape index (κ1) is 13.6. The van der Waals surface area contributed by atoms with Crippen molar-refractivity contribution in [2.24, 2.45) is 5.41 Å². The van der Waals surface area contributed by atoms with Crippen LogP contribution < -0.4 is 5.32 Å². The highest BCUT2D eigenvalue weighted by Crippen LogP contribution is 2.40. The SMILES string of the molecule is CCCNC1CCC(C)(Cc2cnn(CC)c2)C1. The maximum absolute atomic E-state index is 4.38. The van der Waals surface area contributed by atoms with Crippen molar-refractivity contribution in [1.29, 1.82) is 0 Å². The normalized spacial score (nSPS) is 27.8. The summed E-state index contributed by atoms with van der Waals surface area (Å²) in [7, 11) is 0. The van der Waals surface area contributed by atoms with E-state index in [1.54, 1.807) is 0 Å². The van der Waals surface area contributed by atoms with E-state index in [1.165, 1.54) is 37.7 Å². The van der Waals surface area contributed by atoms with Crippen molar-refractivity contribution in [1.82, 2.24) is 15.1 Å². The molecule has 2 atom stereocenters. The zero-order chi connectivity index (χ0) is 13.0. The number of hydrogen-bond acceptors (Lipinski definition) is 2. The Morgan fingerprint density at radius 3 is 3.00 bits per heavy atom. The zero-order valence-corrected chi connectivity index (χ0v) is 12.1. The van der Waals surface area contributed by atoms with Gasteiger partial charge >= 0.3 is 0 Å². The molecule has 1 aromatic rings. The molecule has 18 heavy (non-hydrogen) atoms. The quantitative estimate of drug-likeness (QED) is 0.840. The molecule has 0 radical (unpaired) electrons. The average molecular weight is 249 g/mol. The largest absolute Gasteiger partial charge is 0.314 e. The average Bonchev–Trinajstić information content (AvgIpc) is 2.94. The first-order valence-corrected chi connectivity index (χ1v) is 7.40. The van der Waals surface area contributed by atoms with Gasteiger partial charge in [-0.2, -0.15) is 5.10 Å². The van der Waals surface area contributed by atoms with Gasteiger partial charge in [-0.1, -0.05) is 13.8 Å². The van der Waals surface area contributed by atoms with Gasteiger partial charge in [0.2, 0.25) is 0 Å². The highest BCUT2D eigenvalue weighted by atomic mass is 15.3. The van der Waals surface area contributed by atoms with Crippen molar-refractivity contribution in [3.8, 4) is 0 Å². The molecule has 2 rings (SSSR count). The van der Waals surface area contributed by atoms with E-state index in [0.29, 0.717) is 5.41 Å². The number of rotatable bonds is 6. The van der Waals surface area contributed by atoms with Gasteiger partial charge in [0, 0.05) is 18.8 Å². The van der Waals surface area contributed by atoms with Crippen molar-refractivity contribution in [2.45, 2.75) is 65.5 Å². The van der Waals surface area contributed by atoms with Crippen LogP contribution in [-0.2, 0) is 13.0 Å². The van der Waals surface area contributed by atoms with E-state index in [-0.39, 0.29) is 0 Å². The summed E-state index contributed by atoms with van der Waals surface area (Å²) < 4.78 is 2.03. The van der Waals surface area contributed by atoms with Gasteiger partial charge in [-0.25, -0.2) is 0 Å². The molecule has 0 bridgehead atoms. The Hall–Kier alpha value is -0.830. The van der Waals surface area contributed by atoms with Gasteiger partial charge < -0.3 is 5.32 Å². The molecule has 3 heteroatoms. The first-order chi connectivity index (χ1) is 8.65. The number of nitrogens with one attached hydrogen (secondary N) is 1. The van der Waals surface area contributed by atoms with Crippen molar-refractivity contribution in [3.63, 3.8) is 0 Å². The zero-order valence-electron chi connectivity index (χ0n) is 12.1. The highest BCUT2D eigenvalue weighted by molar-refractivity contribution is 5.09. The predicted molar refractivity (Wildman–Crippen MR) is 75.6 cm³/mol. The Bertz CT molecular complexity index is 372. The minimum atomic E-state index is 0.465. The Labute approximate surface area is 111 Å². The lowest BCUT2D eigenvalue weighted by atomic mass is 9.83. The first-order valence-electron chi connectivity index (χ1n) is 7.40. The van der Waals surface area contributed by atoms with Gasteiger partial charge in [-0.05, 0) is 56.6 Å². The molecular weight excluding hydrogens is 222 g/mol. The van der Waals surface area contributed by atoms with Gasteiger partial charge in [0.1, 0.15) is 0 Å². The minimum Gasteiger partial charge on any atom is -0.314 e. The smallest absolute Gasteiger partial charge is 0.0521 e. The topological polar surface area (TPSA) is 29.9 Å². The van der Waals surface area contributed by atoms with Crippen LogP contribution in [0, 0.1) is 5.41 Å². The molecule has 1 heterocycles. The number of aromatic nitrogens is 2. The second kappa shape index (κ2) is 5.87. The van der Waals surface area contributed by atoms with E-state index in [1.807, 2.05) is 10.9 Å². The maximum Gasteiger partial charge on any atom is 0.0521 e. The molecular formula is C15H27N3. The van der Waals surface area contributed by atoms with E-state index >= 15 is 0 Å². The minimum absolute atomic E-state index is 0.465. The summed E-state index contributed by atoms with van der Waals surface area (Å²) >= 11 is 0. The Morgan fingerprint density at radius 1 is 1.50 bits per heavy atom. The van der Waals surface area contributed by atoms with Gasteiger partial charge in [-0.3, -0.25) is 4.68 Å². The molecule has 0 aliphatic heterocycles. The van der Waals surface area contributed by atoms with Crippen LogP contribution in [0.3, 0.4) is 0 Å². The summed E-state index contributed by atoms with van der Waals surface area (Å²) in [5.41, 5.74) is 1.86. The Balaban J connectivity index is 1.88. The molecule has 1 saturated carbocycles. The third-order valence-electron chi connectivity index (χ3n) is 4.16. The fourth-order valence-corrected chi connectivity index (χ4v) is 3.17. The van der Waals surface area contributed by atoms with Crippen LogP contribution in [0.2, 0.25) is 0 Å². The number of nitrogens with zero attached hydrogens (tertiary/aromatic N) is 2. The molecule has 1 fully saturated rings. The summed E-state index contributed by atoms with van der Waals surface area (Å²) in [4.78, 5) is 0. The summed E-state index contributed by atoms with van der Waals surface area (Å²) in [6, 6.07) is 0.733. The lowest BCUT2D eigenvalue weighted by Crippen LogP contribution is -2.28. The van der Waals surface area contributed by atoms with Crippen LogP contribution >= 0.6 is 0 Å². The molecule has 3 nitrogen and oxygen atoms in total. The fourth-order valence-electron chi connectivity index (χ4n) is 3.17. The molecule has 1 aliphatic rings. The number of aryl methyl sites for hydroxylation is 1. The van der Waals surface area contributed by atoms with Crippen LogP contribution in [-0.4, -0.2) is 22.4 Å². The van der Waals surface area contributed by atoms with Crippen LogP contribution in [0.5, 0.6) is 0 Å². The molecule has 1 aliphatic carbocycles. The molecule has 1 N–H and O–H groups in total. The highest BCUT2D eigenvalue weighted by Gasteiger charge is 2.34. The third kappa shape index (κ3) is 3.35. The van der Waals surface area contributed by atoms with E-state index in [2.05, 4.69) is 37.4 Å². The van der Waals surface area contributed by atoms with Crippen LogP contribution in [0.4, 0.5) is 0 Å². The van der Waals surface area contributed by atoms with Crippen LogP contribution in [0.25, 0.3) is 0 Å². The second-order valence-electron chi connectivity index (χ2n) is 6.09. The Kier molecular flexibility index (Phi) is 4.44.